The largest absolute Gasteiger partial charge is 0.466 e. The molecule has 0 atom stereocenters. The van der Waals surface area contributed by atoms with Gasteiger partial charge in [-0.1, -0.05) is 41.9 Å². The Morgan fingerprint density at radius 2 is 1.78 bits per heavy atom. The van der Waals surface area contributed by atoms with Crippen molar-refractivity contribution in [3.05, 3.63) is 64.7 Å². The van der Waals surface area contributed by atoms with Crippen LogP contribution in [0.5, 0.6) is 0 Å². The Morgan fingerprint density at radius 1 is 1.12 bits per heavy atom. The highest BCUT2D eigenvalue weighted by Gasteiger charge is 2.45. The lowest BCUT2D eigenvalue weighted by Crippen LogP contribution is -2.48. The van der Waals surface area contributed by atoms with Crippen molar-refractivity contribution in [3.8, 4) is 0 Å². The molecule has 0 saturated carbocycles. The zero-order valence-corrected chi connectivity index (χ0v) is 18.9. The van der Waals surface area contributed by atoms with E-state index in [1.165, 1.54) is 28.6 Å². The van der Waals surface area contributed by atoms with E-state index in [0.717, 1.165) is 12.1 Å². The Balaban J connectivity index is 1.86. The minimum absolute atomic E-state index is 0.0192. The number of alkyl halides is 3. The standard InChI is InChI=1S/C22H23ClF3NO4S/c1-2-31-20(28)21(15-16-6-5-7-17(14-16)22(24,25)26)10-12-27(13-11-21)32(29,30)19-9-4-3-8-18(19)23/h3-9,14H,2,10-13,15H2,1H3. The number of carbonyl (C=O) groups excluding carboxylic acids is 1. The molecule has 0 radical (unpaired) electrons. The van der Waals surface area contributed by atoms with Crippen molar-refractivity contribution >= 4 is 27.6 Å². The number of hydrogen-bond donors (Lipinski definition) is 0. The summed E-state index contributed by atoms with van der Waals surface area (Å²) < 4.78 is 71.9. The van der Waals surface area contributed by atoms with Gasteiger partial charge in [-0.25, -0.2) is 8.42 Å². The normalized spacial score (nSPS) is 17.2. The van der Waals surface area contributed by atoms with E-state index in [0.29, 0.717) is 5.56 Å². The summed E-state index contributed by atoms with van der Waals surface area (Å²) >= 11 is 6.06. The van der Waals surface area contributed by atoms with Crippen LogP contribution in [-0.4, -0.2) is 38.4 Å². The smallest absolute Gasteiger partial charge is 0.416 e. The Morgan fingerprint density at radius 3 is 2.38 bits per heavy atom. The lowest BCUT2D eigenvalue weighted by Gasteiger charge is -2.39. The third kappa shape index (κ3) is 5.10. The van der Waals surface area contributed by atoms with Crippen LogP contribution in [0.4, 0.5) is 13.2 Å². The predicted octanol–water partition coefficient (Wildman–Crippen LogP) is 4.94. The van der Waals surface area contributed by atoms with Crippen molar-refractivity contribution in [1.82, 2.24) is 4.31 Å². The molecular weight excluding hydrogens is 467 g/mol. The van der Waals surface area contributed by atoms with Gasteiger partial charge in [-0.15, -0.1) is 0 Å². The third-order valence-corrected chi connectivity index (χ3v) is 8.04. The van der Waals surface area contributed by atoms with Crippen molar-refractivity contribution in [1.29, 1.82) is 0 Å². The summed E-state index contributed by atoms with van der Waals surface area (Å²) in [5, 5.41) is 0.0960. The van der Waals surface area contributed by atoms with E-state index < -0.39 is 33.1 Å². The molecule has 0 bridgehead atoms. The summed E-state index contributed by atoms with van der Waals surface area (Å²) in [6.07, 6.45) is -4.24. The van der Waals surface area contributed by atoms with E-state index in [-0.39, 0.29) is 48.9 Å². The minimum Gasteiger partial charge on any atom is -0.466 e. The lowest BCUT2D eigenvalue weighted by molar-refractivity contribution is -0.158. The van der Waals surface area contributed by atoms with Crippen LogP contribution in [0.1, 0.15) is 30.9 Å². The molecule has 174 valence electrons. The van der Waals surface area contributed by atoms with Gasteiger partial charge in [0.2, 0.25) is 10.0 Å². The first-order valence-electron chi connectivity index (χ1n) is 10.1. The van der Waals surface area contributed by atoms with E-state index in [2.05, 4.69) is 0 Å². The van der Waals surface area contributed by atoms with Crippen LogP contribution >= 0.6 is 11.6 Å². The molecule has 1 aliphatic heterocycles. The number of benzene rings is 2. The molecule has 1 saturated heterocycles. The Bertz CT molecular complexity index is 1080. The van der Waals surface area contributed by atoms with Crippen LogP contribution in [0, 0.1) is 5.41 Å². The topological polar surface area (TPSA) is 63.7 Å². The number of nitrogens with zero attached hydrogens (tertiary/aromatic N) is 1. The average molecular weight is 490 g/mol. The highest BCUT2D eigenvalue weighted by atomic mass is 35.5. The van der Waals surface area contributed by atoms with E-state index in [1.807, 2.05) is 0 Å². The SMILES string of the molecule is CCOC(=O)C1(Cc2cccc(C(F)(F)F)c2)CCN(S(=O)(=O)c2ccccc2Cl)CC1. The zero-order chi connectivity index (χ0) is 23.6. The van der Waals surface area contributed by atoms with E-state index in [9.17, 15) is 26.4 Å². The van der Waals surface area contributed by atoms with Gasteiger partial charge in [0.05, 0.1) is 22.6 Å². The maximum absolute atomic E-state index is 13.1. The molecule has 0 aromatic heterocycles. The van der Waals surface area contributed by atoms with Gasteiger partial charge >= 0.3 is 12.1 Å². The molecule has 32 heavy (non-hydrogen) atoms. The molecule has 2 aromatic carbocycles. The van der Waals surface area contributed by atoms with Crippen LogP contribution in [0.25, 0.3) is 0 Å². The molecule has 0 aliphatic carbocycles. The van der Waals surface area contributed by atoms with Gasteiger partial charge < -0.3 is 4.74 Å². The molecule has 10 heteroatoms. The molecular formula is C22H23ClF3NO4S. The molecule has 3 rings (SSSR count). The van der Waals surface area contributed by atoms with Crippen molar-refractivity contribution in [2.45, 2.75) is 37.3 Å². The zero-order valence-electron chi connectivity index (χ0n) is 17.4. The van der Waals surface area contributed by atoms with Gasteiger partial charge in [-0.3, -0.25) is 4.79 Å². The summed E-state index contributed by atoms with van der Waals surface area (Å²) in [7, 11) is -3.88. The van der Waals surface area contributed by atoms with Gasteiger partial charge in [-0.2, -0.15) is 17.5 Å². The van der Waals surface area contributed by atoms with Crippen molar-refractivity contribution in [2.75, 3.05) is 19.7 Å². The van der Waals surface area contributed by atoms with Crippen LogP contribution in [0.2, 0.25) is 5.02 Å². The van der Waals surface area contributed by atoms with Gasteiger partial charge in [0, 0.05) is 13.1 Å². The number of sulfonamides is 1. The fraction of sp³-hybridized carbons (Fsp3) is 0.409. The first-order chi connectivity index (χ1) is 15.0. The quantitative estimate of drug-likeness (QED) is 0.539. The summed E-state index contributed by atoms with van der Waals surface area (Å²) in [4.78, 5) is 12.8. The summed E-state index contributed by atoms with van der Waals surface area (Å²) in [5.74, 6) is -0.535. The summed E-state index contributed by atoms with van der Waals surface area (Å²) in [6, 6.07) is 10.9. The summed E-state index contributed by atoms with van der Waals surface area (Å²) in [6.45, 7) is 1.80. The highest BCUT2D eigenvalue weighted by molar-refractivity contribution is 7.89. The fourth-order valence-corrected chi connectivity index (χ4v) is 5.87. The second kappa shape index (κ2) is 9.41. The molecule has 0 N–H and O–H groups in total. The van der Waals surface area contributed by atoms with E-state index in [1.54, 1.807) is 19.1 Å². The van der Waals surface area contributed by atoms with Crippen molar-refractivity contribution < 1.29 is 31.1 Å². The molecule has 1 fully saturated rings. The number of ether oxygens (including phenoxy) is 1. The number of halogens is 4. The monoisotopic (exact) mass is 489 g/mol. The van der Waals surface area contributed by atoms with Gasteiger partial charge in [0.1, 0.15) is 4.90 Å². The second-order valence-corrected chi connectivity index (χ2v) is 10.0. The van der Waals surface area contributed by atoms with Crippen LogP contribution < -0.4 is 0 Å². The van der Waals surface area contributed by atoms with Crippen LogP contribution in [0.3, 0.4) is 0 Å². The Kier molecular flexibility index (Phi) is 7.21. The molecule has 0 amide bonds. The van der Waals surface area contributed by atoms with E-state index in [4.69, 9.17) is 16.3 Å². The number of rotatable bonds is 6. The minimum atomic E-state index is -4.50. The van der Waals surface area contributed by atoms with E-state index >= 15 is 0 Å². The lowest BCUT2D eigenvalue weighted by atomic mass is 9.74. The van der Waals surface area contributed by atoms with Gasteiger partial charge in [0.25, 0.3) is 0 Å². The number of hydrogen-bond acceptors (Lipinski definition) is 4. The maximum atomic E-state index is 13.1. The van der Waals surface area contributed by atoms with Crippen molar-refractivity contribution in [2.24, 2.45) is 5.41 Å². The highest BCUT2D eigenvalue weighted by Crippen LogP contribution is 2.40. The second-order valence-electron chi connectivity index (χ2n) is 7.71. The van der Waals surface area contributed by atoms with Crippen LogP contribution in [0.15, 0.2) is 53.4 Å². The average Bonchev–Trinajstić information content (AvgIpc) is 2.74. The molecule has 1 heterocycles. The molecule has 0 spiro atoms. The molecule has 1 aliphatic rings. The fourth-order valence-electron chi connectivity index (χ4n) is 3.93. The molecule has 5 nitrogen and oxygen atoms in total. The predicted molar refractivity (Wildman–Crippen MR) is 114 cm³/mol. The Hall–Kier alpha value is -2.10. The Labute approximate surface area is 190 Å². The van der Waals surface area contributed by atoms with Crippen molar-refractivity contribution in [3.63, 3.8) is 0 Å². The van der Waals surface area contributed by atoms with Gasteiger partial charge in [-0.05, 0) is 49.9 Å². The number of esters is 1. The van der Waals surface area contributed by atoms with Crippen LogP contribution in [-0.2, 0) is 32.2 Å². The molecule has 2 aromatic rings. The third-order valence-electron chi connectivity index (χ3n) is 5.64. The summed E-state index contributed by atoms with van der Waals surface area (Å²) in [5.41, 5.74) is -1.57. The first-order valence-corrected chi connectivity index (χ1v) is 11.9. The first kappa shape index (κ1) is 24.5. The maximum Gasteiger partial charge on any atom is 0.416 e. The number of piperidine rings is 1. The molecule has 0 unspecified atom stereocenters. The van der Waals surface area contributed by atoms with Gasteiger partial charge in [0.15, 0.2) is 0 Å². The number of carbonyl (C=O) groups is 1.